The standard InChI is InChI=1S/C11H16ClN3OS/c1-17(2,16)8-3-4-15(7-8)11-9(12)5-14-6-10(11)13/h5-6,8H,1,3-4,7,13H2,2H3. The zero-order valence-corrected chi connectivity index (χ0v) is 11.3. The third-order valence-corrected chi connectivity index (χ3v) is 5.14. The summed E-state index contributed by atoms with van der Waals surface area (Å²) in [5, 5.41) is 0.642. The Morgan fingerprint density at radius 2 is 2.35 bits per heavy atom. The molecule has 1 aromatic rings. The predicted molar refractivity (Wildman–Crippen MR) is 75.5 cm³/mol. The highest BCUT2D eigenvalue weighted by atomic mass is 35.5. The van der Waals surface area contributed by atoms with E-state index in [-0.39, 0.29) is 5.25 Å². The average molecular weight is 274 g/mol. The van der Waals surface area contributed by atoms with Gasteiger partial charge in [-0.25, -0.2) is 0 Å². The first kappa shape index (κ1) is 12.5. The zero-order chi connectivity index (χ0) is 12.6. The molecule has 0 aliphatic carbocycles. The first-order chi connectivity index (χ1) is 7.89. The topological polar surface area (TPSA) is 59.2 Å². The van der Waals surface area contributed by atoms with E-state index in [1.54, 1.807) is 18.6 Å². The molecule has 2 atom stereocenters. The van der Waals surface area contributed by atoms with Crippen LogP contribution in [0.1, 0.15) is 6.42 Å². The minimum atomic E-state index is -2.01. The van der Waals surface area contributed by atoms with Crippen LogP contribution in [0.15, 0.2) is 12.4 Å². The van der Waals surface area contributed by atoms with Gasteiger partial charge in [0.1, 0.15) is 0 Å². The van der Waals surface area contributed by atoms with Crippen molar-refractivity contribution >= 4 is 38.4 Å². The number of hydrogen-bond acceptors (Lipinski definition) is 4. The van der Waals surface area contributed by atoms with Gasteiger partial charge in [0.15, 0.2) is 0 Å². The van der Waals surface area contributed by atoms with Gasteiger partial charge in [-0.15, -0.1) is 0 Å². The molecule has 0 spiro atoms. The van der Waals surface area contributed by atoms with Crippen LogP contribution in [0.5, 0.6) is 0 Å². The highest BCUT2D eigenvalue weighted by Crippen LogP contribution is 2.34. The lowest BCUT2D eigenvalue weighted by molar-refractivity contribution is 0.675. The summed E-state index contributed by atoms with van der Waals surface area (Å²) in [5.41, 5.74) is 7.24. The highest BCUT2D eigenvalue weighted by molar-refractivity contribution is 8.00. The van der Waals surface area contributed by atoms with E-state index in [2.05, 4.69) is 15.8 Å². The summed E-state index contributed by atoms with van der Waals surface area (Å²) in [5.74, 6) is 3.75. The van der Waals surface area contributed by atoms with E-state index in [0.717, 1.165) is 18.7 Å². The maximum absolute atomic E-state index is 11.9. The summed E-state index contributed by atoms with van der Waals surface area (Å²) < 4.78 is 11.9. The van der Waals surface area contributed by atoms with Gasteiger partial charge in [0.2, 0.25) is 0 Å². The van der Waals surface area contributed by atoms with Crippen LogP contribution in [0, 0.1) is 0 Å². The van der Waals surface area contributed by atoms with E-state index in [0.29, 0.717) is 17.3 Å². The molecule has 0 radical (unpaired) electrons. The Morgan fingerprint density at radius 3 is 2.88 bits per heavy atom. The molecular weight excluding hydrogens is 258 g/mol. The van der Waals surface area contributed by atoms with Crippen LogP contribution in [0.25, 0.3) is 0 Å². The van der Waals surface area contributed by atoms with Gasteiger partial charge in [0.25, 0.3) is 0 Å². The molecule has 0 bridgehead atoms. The molecule has 2 heterocycles. The molecule has 1 aromatic heterocycles. The van der Waals surface area contributed by atoms with Crippen molar-refractivity contribution in [2.45, 2.75) is 11.7 Å². The van der Waals surface area contributed by atoms with Crippen molar-refractivity contribution in [3.8, 4) is 0 Å². The van der Waals surface area contributed by atoms with Crippen LogP contribution >= 0.6 is 11.6 Å². The number of pyridine rings is 1. The van der Waals surface area contributed by atoms with Crippen molar-refractivity contribution in [3.63, 3.8) is 0 Å². The third-order valence-electron chi connectivity index (χ3n) is 3.07. The molecule has 4 nitrogen and oxygen atoms in total. The summed E-state index contributed by atoms with van der Waals surface area (Å²) in [6.45, 7) is 1.49. The summed E-state index contributed by atoms with van der Waals surface area (Å²) in [4.78, 5) is 6.00. The monoisotopic (exact) mass is 273 g/mol. The summed E-state index contributed by atoms with van der Waals surface area (Å²) in [6.07, 6.45) is 5.73. The molecule has 1 aliphatic heterocycles. The number of aromatic nitrogens is 1. The lowest BCUT2D eigenvalue weighted by atomic mass is 10.3. The number of nitrogens with zero attached hydrogens (tertiary/aromatic N) is 2. The minimum Gasteiger partial charge on any atom is -0.396 e. The fraction of sp³-hybridized carbons (Fsp3) is 0.455. The lowest BCUT2D eigenvalue weighted by Gasteiger charge is -2.21. The quantitative estimate of drug-likeness (QED) is 0.824. The van der Waals surface area contributed by atoms with Gasteiger partial charge >= 0.3 is 0 Å². The molecular formula is C11H16ClN3OS. The Bertz CT molecular complexity index is 509. The maximum Gasteiger partial charge on any atom is 0.0843 e. The van der Waals surface area contributed by atoms with Crippen LogP contribution in [0.4, 0.5) is 11.4 Å². The third kappa shape index (κ3) is 2.50. The van der Waals surface area contributed by atoms with Gasteiger partial charge in [-0.2, -0.15) is 0 Å². The van der Waals surface area contributed by atoms with E-state index in [4.69, 9.17) is 17.3 Å². The fourth-order valence-electron chi connectivity index (χ4n) is 2.12. The summed E-state index contributed by atoms with van der Waals surface area (Å²) in [6, 6.07) is 0. The van der Waals surface area contributed by atoms with Gasteiger partial charge in [0.05, 0.1) is 22.6 Å². The van der Waals surface area contributed by atoms with Crippen molar-refractivity contribution in [2.24, 2.45) is 0 Å². The fourth-order valence-corrected chi connectivity index (χ4v) is 3.50. The van der Waals surface area contributed by atoms with E-state index in [1.165, 1.54) is 0 Å². The van der Waals surface area contributed by atoms with Crippen molar-refractivity contribution in [2.75, 3.05) is 30.0 Å². The SMILES string of the molecule is C=S(C)(=O)C1CCN(c2c(N)cncc2Cl)C1. The Balaban J connectivity index is 2.27. The molecule has 0 aromatic carbocycles. The Morgan fingerprint density at radius 1 is 1.65 bits per heavy atom. The van der Waals surface area contributed by atoms with Crippen LogP contribution in [-0.2, 0) is 9.52 Å². The molecule has 1 aliphatic rings. The molecule has 2 N–H and O–H groups in total. The van der Waals surface area contributed by atoms with E-state index < -0.39 is 9.52 Å². The van der Waals surface area contributed by atoms with E-state index in [9.17, 15) is 4.21 Å². The summed E-state index contributed by atoms with van der Waals surface area (Å²) in [7, 11) is -2.01. The van der Waals surface area contributed by atoms with Crippen LogP contribution in [0.3, 0.4) is 0 Å². The van der Waals surface area contributed by atoms with E-state index >= 15 is 0 Å². The summed E-state index contributed by atoms with van der Waals surface area (Å²) >= 11 is 6.10. The molecule has 0 saturated carbocycles. The van der Waals surface area contributed by atoms with Crippen molar-refractivity contribution < 1.29 is 4.21 Å². The number of halogens is 1. The minimum absolute atomic E-state index is 0.103. The van der Waals surface area contributed by atoms with E-state index in [1.807, 2.05) is 0 Å². The molecule has 1 fully saturated rings. The first-order valence-corrected chi connectivity index (χ1v) is 7.92. The Kier molecular flexibility index (Phi) is 3.23. The molecule has 2 rings (SSSR count). The van der Waals surface area contributed by atoms with Crippen molar-refractivity contribution in [3.05, 3.63) is 17.4 Å². The molecule has 94 valence electrons. The van der Waals surface area contributed by atoms with Gasteiger partial charge in [-0.05, 0) is 21.8 Å². The predicted octanol–water partition coefficient (Wildman–Crippen LogP) is 1.24. The molecule has 0 amide bonds. The smallest absolute Gasteiger partial charge is 0.0843 e. The average Bonchev–Trinajstić information content (AvgIpc) is 2.65. The van der Waals surface area contributed by atoms with Gasteiger partial charge < -0.3 is 10.6 Å². The lowest BCUT2D eigenvalue weighted by Crippen LogP contribution is -2.26. The maximum atomic E-state index is 11.9. The second kappa shape index (κ2) is 4.38. The molecule has 17 heavy (non-hydrogen) atoms. The van der Waals surface area contributed by atoms with Crippen molar-refractivity contribution in [1.82, 2.24) is 4.98 Å². The Labute approximate surface area is 107 Å². The number of nitrogen functional groups attached to an aromatic ring is 1. The highest BCUT2D eigenvalue weighted by Gasteiger charge is 2.28. The molecule has 6 heteroatoms. The Hall–Kier alpha value is -0.940. The molecule has 2 unspecified atom stereocenters. The number of hydrogen-bond donors (Lipinski definition) is 1. The number of nitrogens with two attached hydrogens (primary N) is 1. The van der Waals surface area contributed by atoms with Gasteiger partial charge in [0, 0.05) is 30.8 Å². The number of anilines is 2. The van der Waals surface area contributed by atoms with Crippen molar-refractivity contribution in [1.29, 1.82) is 0 Å². The number of rotatable bonds is 2. The van der Waals surface area contributed by atoms with Crippen LogP contribution in [0.2, 0.25) is 5.02 Å². The second-order valence-electron chi connectivity index (χ2n) is 4.49. The van der Waals surface area contributed by atoms with Gasteiger partial charge in [-0.1, -0.05) is 11.6 Å². The molecule has 1 saturated heterocycles. The zero-order valence-electron chi connectivity index (χ0n) is 9.73. The largest absolute Gasteiger partial charge is 0.396 e. The van der Waals surface area contributed by atoms with Gasteiger partial charge in [-0.3, -0.25) is 9.19 Å². The van der Waals surface area contributed by atoms with Crippen LogP contribution < -0.4 is 10.6 Å². The first-order valence-electron chi connectivity index (χ1n) is 5.34. The normalized spacial score (nSPS) is 23.6. The van der Waals surface area contributed by atoms with Crippen LogP contribution in [-0.4, -0.2) is 39.7 Å². The second-order valence-corrected chi connectivity index (χ2v) is 7.71.